The smallest absolute Gasteiger partial charge is 0.264 e. The highest BCUT2D eigenvalue weighted by Crippen LogP contribution is 2.27. The molecule has 0 bridgehead atoms. The Hall–Kier alpha value is -2.88. The highest BCUT2D eigenvalue weighted by atomic mass is 79.9. The van der Waals surface area contributed by atoms with Crippen LogP contribution in [0.2, 0.25) is 5.02 Å². The molecule has 0 aliphatic heterocycles. The van der Waals surface area contributed by atoms with Crippen LogP contribution < -0.4 is 9.62 Å². The van der Waals surface area contributed by atoms with Crippen molar-refractivity contribution in [2.75, 3.05) is 17.4 Å². The van der Waals surface area contributed by atoms with Crippen LogP contribution in [0.3, 0.4) is 0 Å². The molecule has 3 aromatic carbocycles. The average molecular weight is 635 g/mol. The van der Waals surface area contributed by atoms with E-state index in [0.29, 0.717) is 21.7 Å². The first-order chi connectivity index (χ1) is 18.4. The molecule has 0 spiro atoms. The molecule has 10 heteroatoms. The molecule has 0 aliphatic rings. The first kappa shape index (κ1) is 30.7. The molecule has 0 unspecified atom stereocenters. The van der Waals surface area contributed by atoms with Gasteiger partial charge in [-0.3, -0.25) is 13.9 Å². The van der Waals surface area contributed by atoms with Gasteiger partial charge in [-0.15, -0.1) is 0 Å². The molecule has 1 N–H and O–H groups in total. The summed E-state index contributed by atoms with van der Waals surface area (Å²) in [7, 11) is -4.12. The Morgan fingerprint density at radius 1 is 0.974 bits per heavy atom. The second-order valence-corrected chi connectivity index (χ2v) is 13.0. The number of benzene rings is 3. The lowest BCUT2D eigenvalue weighted by Crippen LogP contribution is -2.51. The molecule has 0 aromatic heterocycles. The maximum absolute atomic E-state index is 13.9. The van der Waals surface area contributed by atoms with E-state index in [1.54, 1.807) is 67.6 Å². The van der Waals surface area contributed by atoms with Gasteiger partial charge in [-0.25, -0.2) is 8.42 Å². The number of rotatable bonds is 11. The van der Waals surface area contributed by atoms with E-state index in [4.69, 9.17) is 11.6 Å². The second-order valence-electron chi connectivity index (χ2n) is 9.77. The van der Waals surface area contributed by atoms with Gasteiger partial charge in [0.25, 0.3) is 10.0 Å². The molecule has 1 atom stereocenters. The number of aryl methyl sites for hydroxylation is 1. The van der Waals surface area contributed by atoms with Crippen molar-refractivity contribution in [1.29, 1.82) is 0 Å². The number of halogens is 2. The molecule has 39 heavy (non-hydrogen) atoms. The molecule has 0 radical (unpaired) electrons. The lowest BCUT2D eigenvalue weighted by Gasteiger charge is -2.32. The maximum atomic E-state index is 13.9. The highest BCUT2D eigenvalue weighted by Gasteiger charge is 2.32. The summed E-state index contributed by atoms with van der Waals surface area (Å²) in [5.41, 5.74) is 1.95. The molecule has 0 saturated carbocycles. The molecule has 7 nitrogen and oxygen atoms in total. The van der Waals surface area contributed by atoms with E-state index < -0.39 is 28.5 Å². The summed E-state index contributed by atoms with van der Waals surface area (Å²) in [6.45, 7) is 7.48. The quantitative estimate of drug-likeness (QED) is 0.289. The van der Waals surface area contributed by atoms with Crippen LogP contribution in [-0.4, -0.2) is 44.3 Å². The van der Waals surface area contributed by atoms with Gasteiger partial charge in [-0.05, 0) is 67.8 Å². The Labute approximate surface area is 244 Å². The van der Waals surface area contributed by atoms with E-state index in [-0.39, 0.29) is 23.3 Å². The molecule has 3 aromatic rings. The predicted molar refractivity (Wildman–Crippen MR) is 159 cm³/mol. The first-order valence-corrected chi connectivity index (χ1v) is 15.2. The maximum Gasteiger partial charge on any atom is 0.264 e. The lowest BCUT2D eigenvalue weighted by molar-refractivity contribution is -0.139. The zero-order valence-corrected chi connectivity index (χ0v) is 25.6. The SMILES string of the molecule is Cc1ccc(S(=O)(=O)N(CC(=O)N(Cc2cccc(Cl)c2)[C@H](C)C(=O)NCC(C)C)c2cccc(Br)c2)cc1. The van der Waals surface area contributed by atoms with Gasteiger partial charge in [0.15, 0.2) is 0 Å². The van der Waals surface area contributed by atoms with E-state index in [1.807, 2.05) is 20.8 Å². The average Bonchev–Trinajstić information content (AvgIpc) is 2.88. The van der Waals surface area contributed by atoms with Crippen LogP contribution in [0.4, 0.5) is 5.69 Å². The third-order valence-electron chi connectivity index (χ3n) is 6.08. The Kier molecular flexibility index (Phi) is 10.6. The topological polar surface area (TPSA) is 86.8 Å². The summed E-state index contributed by atoms with van der Waals surface area (Å²) in [6.07, 6.45) is 0. The number of hydrogen-bond acceptors (Lipinski definition) is 4. The first-order valence-electron chi connectivity index (χ1n) is 12.5. The molecule has 0 aliphatic carbocycles. The normalized spacial score (nSPS) is 12.2. The van der Waals surface area contributed by atoms with Crippen molar-refractivity contribution in [3.8, 4) is 0 Å². The Bertz CT molecular complexity index is 1410. The van der Waals surface area contributed by atoms with Crippen molar-refractivity contribution >= 4 is 55.1 Å². The van der Waals surface area contributed by atoms with Crippen molar-refractivity contribution in [3.05, 3.63) is 93.4 Å². The Balaban J connectivity index is 2.01. The number of sulfonamides is 1. The third-order valence-corrected chi connectivity index (χ3v) is 8.59. The molecule has 0 fully saturated rings. The minimum absolute atomic E-state index is 0.0602. The minimum atomic E-state index is -4.12. The predicted octanol–water partition coefficient (Wildman–Crippen LogP) is 5.80. The number of carbonyl (C=O) groups excluding carboxylic acids is 2. The Morgan fingerprint density at radius 3 is 2.26 bits per heavy atom. The van der Waals surface area contributed by atoms with Gasteiger partial charge in [-0.1, -0.05) is 77.3 Å². The summed E-state index contributed by atoms with van der Waals surface area (Å²) in [6, 6.07) is 19.3. The lowest BCUT2D eigenvalue weighted by atomic mass is 10.1. The van der Waals surface area contributed by atoms with Crippen LogP contribution >= 0.6 is 27.5 Å². The summed E-state index contributed by atoms with van der Waals surface area (Å²) in [5.74, 6) is -0.628. The number of carbonyl (C=O) groups is 2. The molecular formula is C29H33BrClN3O4S. The van der Waals surface area contributed by atoms with Crippen molar-refractivity contribution in [2.45, 2.75) is 45.2 Å². The van der Waals surface area contributed by atoms with Crippen LogP contribution in [0.15, 0.2) is 82.2 Å². The van der Waals surface area contributed by atoms with Crippen LogP contribution in [-0.2, 0) is 26.2 Å². The fourth-order valence-electron chi connectivity index (χ4n) is 3.86. The van der Waals surface area contributed by atoms with Gasteiger partial charge in [-0.2, -0.15) is 0 Å². The van der Waals surface area contributed by atoms with E-state index in [1.165, 1.54) is 17.0 Å². The van der Waals surface area contributed by atoms with Crippen molar-refractivity contribution in [2.24, 2.45) is 5.92 Å². The van der Waals surface area contributed by atoms with E-state index in [2.05, 4.69) is 21.2 Å². The third kappa shape index (κ3) is 8.30. The molecule has 0 saturated heterocycles. The van der Waals surface area contributed by atoms with Gasteiger partial charge in [0.05, 0.1) is 10.6 Å². The monoisotopic (exact) mass is 633 g/mol. The zero-order valence-electron chi connectivity index (χ0n) is 22.4. The highest BCUT2D eigenvalue weighted by molar-refractivity contribution is 9.10. The number of hydrogen-bond donors (Lipinski definition) is 1. The van der Waals surface area contributed by atoms with Crippen molar-refractivity contribution in [3.63, 3.8) is 0 Å². The number of anilines is 1. The van der Waals surface area contributed by atoms with E-state index in [9.17, 15) is 18.0 Å². The van der Waals surface area contributed by atoms with Crippen LogP contribution in [0.1, 0.15) is 31.9 Å². The fraction of sp³-hybridized carbons (Fsp3) is 0.310. The zero-order chi connectivity index (χ0) is 28.7. The molecule has 3 rings (SSSR count). The molecule has 0 heterocycles. The minimum Gasteiger partial charge on any atom is -0.354 e. The Morgan fingerprint density at radius 2 is 1.64 bits per heavy atom. The van der Waals surface area contributed by atoms with Crippen LogP contribution in [0, 0.1) is 12.8 Å². The van der Waals surface area contributed by atoms with Crippen LogP contribution in [0.5, 0.6) is 0 Å². The van der Waals surface area contributed by atoms with Crippen molar-refractivity contribution < 1.29 is 18.0 Å². The summed E-state index contributed by atoms with van der Waals surface area (Å²) in [4.78, 5) is 28.4. The fourth-order valence-corrected chi connectivity index (χ4v) is 5.87. The van der Waals surface area contributed by atoms with Gasteiger partial charge in [0.1, 0.15) is 12.6 Å². The summed E-state index contributed by atoms with van der Waals surface area (Å²) in [5, 5.41) is 3.37. The molecule has 208 valence electrons. The van der Waals surface area contributed by atoms with Gasteiger partial charge in [0, 0.05) is 22.6 Å². The molecular weight excluding hydrogens is 602 g/mol. The number of amides is 2. The van der Waals surface area contributed by atoms with Gasteiger partial charge >= 0.3 is 0 Å². The van der Waals surface area contributed by atoms with E-state index >= 15 is 0 Å². The van der Waals surface area contributed by atoms with Crippen LogP contribution in [0.25, 0.3) is 0 Å². The number of nitrogens with one attached hydrogen (secondary N) is 1. The largest absolute Gasteiger partial charge is 0.354 e. The number of nitrogens with zero attached hydrogens (tertiary/aromatic N) is 2. The van der Waals surface area contributed by atoms with Gasteiger partial charge in [0.2, 0.25) is 11.8 Å². The standard InChI is InChI=1S/C29H33BrClN3O4S/c1-20(2)17-32-29(36)22(4)33(18-23-7-5-9-25(31)15-23)28(35)19-34(26-10-6-8-24(30)16-26)39(37,38)27-13-11-21(3)12-14-27/h5-16,20,22H,17-19H2,1-4H3,(H,32,36)/t22-/m1/s1. The molecule has 2 amide bonds. The van der Waals surface area contributed by atoms with Crippen molar-refractivity contribution in [1.82, 2.24) is 10.2 Å². The van der Waals surface area contributed by atoms with Gasteiger partial charge < -0.3 is 10.2 Å². The summed E-state index contributed by atoms with van der Waals surface area (Å²) < 4.78 is 29.4. The second kappa shape index (κ2) is 13.5. The summed E-state index contributed by atoms with van der Waals surface area (Å²) >= 11 is 9.58. The van der Waals surface area contributed by atoms with E-state index in [0.717, 1.165) is 15.4 Å².